The number of carbonyl (C=O) groups is 1. The molecular weight excluding hydrogens is 287 g/mol. The van der Waals surface area contributed by atoms with Gasteiger partial charge < -0.3 is 4.74 Å². The molecule has 1 aromatic rings. The van der Waals surface area contributed by atoms with Gasteiger partial charge >= 0.3 is 6.09 Å². The van der Waals surface area contributed by atoms with E-state index in [4.69, 9.17) is 27.9 Å². The largest absolute Gasteiger partial charge is 0.443 e. The second-order valence-electron chi connectivity index (χ2n) is 4.94. The fraction of sp³-hybridized carbons (Fsp3) is 0.385. The first-order valence-electron chi connectivity index (χ1n) is 5.68. The second kappa shape index (κ2) is 6.26. The normalized spacial score (nSPS) is 12.2. The predicted octanol–water partition coefficient (Wildman–Crippen LogP) is 4.24. The lowest BCUT2D eigenvalue weighted by molar-refractivity contribution is 0.0529. The van der Waals surface area contributed by atoms with Crippen molar-refractivity contribution < 1.29 is 9.53 Å². The van der Waals surface area contributed by atoms with Crippen molar-refractivity contribution in [1.29, 1.82) is 0 Å². The topological polar surface area (TPSA) is 50.7 Å². The lowest BCUT2D eigenvalue weighted by Gasteiger charge is -2.18. The Kier molecular flexibility index (Phi) is 5.20. The van der Waals surface area contributed by atoms with Crippen LogP contribution in [0.2, 0.25) is 10.0 Å². The van der Waals surface area contributed by atoms with Crippen LogP contribution in [0.25, 0.3) is 0 Å². The number of ether oxygens (including phenoxy) is 1. The number of nitrogens with zero attached hydrogens (tertiary/aromatic N) is 1. The standard InChI is InChI=1S/C13H16Cl2N2O2/c1-8(10-6-5-9(14)7-11(10)15)16-17-12(18)19-13(2,3)4/h5-7H,1-4H3,(H,17,18)/b16-8-. The van der Waals surface area contributed by atoms with Crippen LogP contribution in [0, 0.1) is 0 Å². The van der Waals surface area contributed by atoms with Crippen molar-refractivity contribution in [2.24, 2.45) is 5.10 Å². The Morgan fingerprint density at radius 1 is 1.32 bits per heavy atom. The SMILES string of the molecule is C/C(=N/NC(=O)OC(C)(C)C)c1ccc(Cl)cc1Cl. The number of hydrogen-bond donors (Lipinski definition) is 1. The summed E-state index contributed by atoms with van der Waals surface area (Å²) in [4.78, 5) is 11.4. The lowest BCUT2D eigenvalue weighted by Crippen LogP contribution is -2.30. The molecule has 1 amide bonds. The molecule has 0 aliphatic carbocycles. The van der Waals surface area contributed by atoms with Gasteiger partial charge in [0.1, 0.15) is 5.60 Å². The number of hydrogen-bond acceptors (Lipinski definition) is 3. The van der Waals surface area contributed by atoms with E-state index in [1.165, 1.54) is 0 Å². The van der Waals surface area contributed by atoms with E-state index in [-0.39, 0.29) is 0 Å². The maximum absolute atomic E-state index is 11.4. The predicted molar refractivity (Wildman–Crippen MR) is 78.0 cm³/mol. The number of carbonyl (C=O) groups excluding carboxylic acids is 1. The van der Waals surface area contributed by atoms with E-state index in [1.807, 2.05) is 0 Å². The van der Waals surface area contributed by atoms with Crippen LogP contribution >= 0.6 is 23.2 Å². The van der Waals surface area contributed by atoms with Crippen LogP contribution in [-0.2, 0) is 4.74 Å². The average Bonchev–Trinajstić information content (AvgIpc) is 2.23. The van der Waals surface area contributed by atoms with Crippen molar-refractivity contribution in [1.82, 2.24) is 5.43 Å². The summed E-state index contributed by atoms with van der Waals surface area (Å²) in [5.41, 5.74) is 3.01. The molecule has 6 heteroatoms. The van der Waals surface area contributed by atoms with Crippen LogP contribution in [0.4, 0.5) is 4.79 Å². The van der Waals surface area contributed by atoms with E-state index in [2.05, 4.69) is 10.5 Å². The third kappa shape index (κ3) is 5.49. The Bertz CT molecular complexity index is 508. The number of rotatable bonds is 2. The Hall–Kier alpha value is -1.26. The maximum Gasteiger partial charge on any atom is 0.428 e. The molecule has 0 bridgehead atoms. The van der Waals surface area contributed by atoms with Gasteiger partial charge in [-0.05, 0) is 39.8 Å². The van der Waals surface area contributed by atoms with E-state index in [9.17, 15) is 4.79 Å². The van der Waals surface area contributed by atoms with Crippen molar-refractivity contribution in [3.63, 3.8) is 0 Å². The minimum absolute atomic E-state index is 0.472. The number of amides is 1. The molecule has 0 saturated carbocycles. The van der Waals surface area contributed by atoms with Crippen molar-refractivity contribution in [2.45, 2.75) is 33.3 Å². The first kappa shape index (κ1) is 15.8. The number of halogens is 2. The zero-order chi connectivity index (χ0) is 14.6. The highest BCUT2D eigenvalue weighted by atomic mass is 35.5. The van der Waals surface area contributed by atoms with Crippen molar-refractivity contribution in [3.05, 3.63) is 33.8 Å². The number of benzene rings is 1. The molecule has 0 radical (unpaired) electrons. The van der Waals surface area contributed by atoms with Gasteiger partial charge in [-0.1, -0.05) is 29.3 Å². The van der Waals surface area contributed by atoms with Gasteiger partial charge in [0.05, 0.1) is 10.7 Å². The van der Waals surface area contributed by atoms with E-state index >= 15 is 0 Å². The molecule has 4 nitrogen and oxygen atoms in total. The summed E-state index contributed by atoms with van der Waals surface area (Å²) in [6, 6.07) is 5.06. The van der Waals surface area contributed by atoms with Gasteiger partial charge in [-0.3, -0.25) is 0 Å². The van der Waals surface area contributed by atoms with E-state index < -0.39 is 11.7 Å². The summed E-state index contributed by atoms with van der Waals surface area (Å²) >= 11 is 11.8. The van der Waals surface area contributed by atoms with Crippen LogP contribution < -0.4 is 5.43 Å². The third-order valence-electron chi connectivity index (χ3n) is 2.03. The zero-order valence-corrected chi connectivity index (χ0v) is 12.8. The van der Waals surface area contributed by atoms with Gasteiger partial charge in [-0.25, -0.2) is 10.2 Å². The first-order chi connectivity index (χ1) is 8.69. The summed E-state index contributed by atoms with van der Waals surface area (Å²) in [6.45, 7) is 7.06. The van der Waals surface area contributed by atoms with E-state index in [1.54, 1.807) is 45.9 Å². The van der Waals surface area contributed by atoms with Crippen LogP contribution in [0.15, 0.2) is 23.3 Å². The smallest absolute Gasteiger partial charge is 0.428 e. The molecule has 0 unspecified atom stereocenters. The third-order valence-corrected chi connectivity index (χ3v) is 2.58. The van der Waals surface area contributed by atoms with E-state index in [0.29, 0.717) is 21.3 Å². The Labute approximate surface area is 122 Å². The first-order valence-corrected chi connectivity index (χ1v) is 6.43. The highest BCUT2D eigenvalue weighted by molar-refractivity contribution is 6.37. The molecule has 0 aliphatic rings. The molecule has 104 valence electrons. The molecule has 0 saturated heterocycles. The Morgan fingerprint density at radius 3 is 2.47 bits per heavy atom. The van der Waals surface area contributed by atoms with Crippen molar-refractivity contribution >= 4 is 35.0 Å². The molecule has 0 fully saturated rings. The molecule has 1 N–H and O–H groups in total. The van der Waals surface area contributed by atoms with Crippen LogP contribution in [-0.4, -0.2) is 17.4 Å². The van der Waals surface area contributed by atoms with Crippen LogP contribution in [0.1, 0.15) is 33.3 Å². The summed E-state index contributed by atoms with van der Waals surface area (Å²) < 4.78 is 5.06. The fourth-order valence-corrected chi connectivity index (χ4v) is 1.82. The summed E-state index contributed by atoms with van der Waals surface area (Å²) in [6.07, 6.45) is -0.614. The van der Waals surface area contributed by atoms with Gasteiger partial charge in [-0.15, -0.1) is 0 Å². The Morgan fingerprint density at radius 2 is 1.95 bits per heavy atom. The minimum Gasteiger partial charge on any atom is -0.443 e. The van der Waals surface area contributed by atoms with Gasteiger partial charge in [-0.2, -0.15) is 5.10 Å². The minimum atomic E-state index is -0.614. The fourth-order valence-electron chi connectivity index (χ4n) is 1.27. The zero-order valence-electron chi connectivity index (χ0n) is 11.3. The van der Waals surface area contributed by atoms with Crippen LogP contribution in [0.3, 0.4) is 0 Å². The molecule has 0 spiro atoms. The molecule has 0 heterocycles. The molecular formula is C13H16Cl2N2O2. The molecule has 0 aliphatic heterocycles. The van der Waals surface area contributed by atoms with Crippen molar-refractivity contribution in [2.75, 3.05) is 0 Å². The summed E-state index contributed by atoms with van der Waals surface area (Å²) in [7, 11) is 0. The van der Waals surface area contributed by atoms with Gasteiger partial charge in [0.15, 0.2) is 0 Å². The van der Waals surface area contributed by atoms with Gasteiger partial charge in [0.25, 0.3) is 0 Å². The van der Waals surface area contributed by atoms with Crippen molar-refractivity contribution in [3.8, 4) is 0 Å². The monoisotopic (exact) mass is 302 g/mol. The number of hydrazone groups is 1. The van der Waals surface area contributed by atoms with E-state index in [0.717, 1.165) is 0 Å². The number of nitrogens with one attached hydrogen (secondary N) is 1. The highest BCUT2D eigenvalue weighted by Crippen LogP contribution is 2.21. The second-order valence-corrected chi connectivity index (χ2v) is 5.78. The van der Waals surface area contributed by atoms with Gasteiger partial charge in [0, 0.05) is 10.6 Å². The van der Waals surface area contributed by atoms with Crippen LogP contribution in [0.5, 0.6) is 0 Å². The Balaban J connectivity index is 2.75. The molecule has 0 aromatic heterocycles. The quantitative estimate of drug-likeness (QED) is 0.656. The lowest BCUT2D eigenvalue weighted by atomic mass is 10.1. The molecule has 1 aromatic carbocycles. The molecule has 19 heavy (non-hydrogen) atoms. The maximum atomic E-state index is 11.4. The van der Waals surface area contributed by atoms with Gasteiger partial charge in [0.2, 0.25) is 0 Å². The highest BCUT2D eigenvalue weighted by Gasteiger charge is 2.15. The summed E-state index contributed by atoms with van der Waals surface area (Å²) in [5.74, 6) is 0. The molecule has 0 atom stereocenters. The average molecular weight is 303 g/mol. The summed E-state index contributed by atoms with van der Waals surface area (Å²) in [5, 5.41) is 4.95. The molecule has 1 rings (SSSR count).